The molecular formula is C21H15F2N5O2. The van der Waals surface area contributed by atoms with E-state index in [1.807, 2.05) is 6.92 Å². The van der Waals surface area contributed by atoms with Crippen LogP contribution in [0.15, 0.2) is 67.0 Å². The molecule has 1 N–H and O–H groups in total. The third kappa shape index (κ3) is 4.14. The highest BCUT2D eigenvalue weighted by atomic mass is 19.2. The lowest BCUT2D eigenvalue weighted by molar-refractivity contribution is 0.102. The summed E-state index contributed by atoms with van der Waals surface area (Å²) >= 11 is 0. The van der Waals surface area contributed by atoms with Crippen LogP contribution in [0.3, 0.4) is 0 Å². The summed E-state index contributed by atoms with van der Waals surface area (Å²) in [7, 11) is 0. The van der Waals surface area contributed by atoms with Gasteiger partial charge in [-0.1, -0.05) is 0 Å². The standard InChI is InChI=1S/C21H15F2N5O2/c1-13-24-10-11-28(13)19-8-9-20(27-26-19)30-16-5-3-15(4-6-16)25-21(29)14-2-7-17(22)18(23)12-14/h2-12H,1H3,(H,25,29). The number of nitrogens with zero attached hydrogens (tertiary/aromatic N) is 4. The first-order valence-electron chi connectivity index (χ1n) is 8.88. The van der Waals surface area contributed by atoms with Crippen molar-refractivity contribution in [3.05, 3.63) is 90.0 Å². The van der Waals surface area contributed by atoms with Crippen molar-refractivity contribution in [2.75, 3.05) is 5.32 Å². The van der Waals surface area contributed by atoms with Crippen LogP contribution < -0.4 is 10.1 Å². The molecule has 0 aliphatic carbocycles. The van der Waals surface area contributed by atoms with Gasteiger partial charge in [-0.05, 0) is 55.5 Å². The summed E-state index contributed by atoms with van der Waals surface area (Å²) < 4.78 is 33.7. The van der Waals surface area contributed by atoms with E-state index in [9.17, 15) is 13.6 Å². The summed E-state index contributed by atoms with van der Waals surface area (Å²) in [6, 6.07) is 12.9. The second-order valence-electron chi connectivity index (χ2n) is 6.28. The lowest BCUT2D eigenvalue weighted by Crippen LogP contribution is -2.12. The van der Waals surface area contributed by atoms with Crippen molar-refractivity contribution in [2.45, 2.75) is 6.92 Å². The van der Waals surface area contributed by atoms with E-state index >= 15 is 0 Å². The lowest BCUT2D eigenvalue weighted by Gasteiger charge is -2.08. The van der Waals surface area contributed by atoms with Crippen LogP contribution in [-0.4, -0.2) is 25.7 Å². The normalized spacial score (nSPS) is 10.6. The highest BCUT2D eigenvalue weighted by molar-refractivity contribution is 6.04. The topological polar surface area (TPSA) is 81.9 Å². The van der Waals surface area contributed by atoms with Crippen LogP contribution >= 0.6 is 0 Å². The Bertz CT molecular complexity index is 1190. The zero-order chi connectivity index (χ0) is 21.1. The molecule has 0 aliphatic heterocycles. The first-order chi connectivity index (χ1) is 14.5. The number of aromatic nitrogens is 4. The Hall–Kier alpha value is -4.14. The van der Waals surface area contributed by atoms with Gasteiger partial charge in [0.25, 0.3) is 5.91 Å². The molecular weight excluding hydrogens is 392 g/mol. The fourth-order valence-electron chi connectivity index (χ4n) is 2.68. The van der Waals surface area contributed by atoms with Crippen molar-refractivity contribution in [3.63, 3.8) is 0 Å². The number of aryl methyl sites for hydroxylation is 1. The fourth-order valence-corrected chi connectivity index (χ4v) is 2.68. The Balaban J connectivity index is 1.40. The molecule has 2 aromatic carbocycles. The summed E-state index contributed by atoms with van der Waals surface area (Å²) in [5, 5.41) is 10.8. The van der Waals surface area contributed by atoms with Crippen LogP contribution in [0.5, 0.6) is 11.6 Å². The molecule has 0 atom stereocenters. The van der Waals surface area contributed by atoms with Gasteiger partial charge >= 0.3 is 0 Å². The SMILES string of the molecule is Cc1nccn1-c1ccc(Oc2ccc(NC(=O)c3ccc(F)c(F)c3)cc2)nn1. The number of hydrogen-bond acceptors (Lipinski definition) is 5. The van der Waals surface area contributed by atoms with E-state index in [0.717, 1.165) is 18.0 Å². The molecule has 0 aliphatic rings. The number of rotatable bonds is 5. The molecule has 9 heteroatoms. The minimum atomic E-state index is -1.08. The van der Waals surface area contributed by atoms with E-state index in [-0.39, 0.29) is 5.56 Å². The minimum Gasteiger partial charge on any atom is -0.438 e. The summed E-state index contributed by atoms with van der Waals surface area (Å²) in [5.74, 6) is -0.451. The summed E-state index contributed by atoms with van der Waals surface area (Å²) in [6.45, 7) is 1.86. The zero-order valence-electron chi connectivity index (χ0n) is 15.7. The van der Waals surface area contributed by atoms with Crippen LogP contribution in [0.1, 0.15) is 16.2 Å². The average Bonchev–Trinajstić information content (AvgIpc) is 3.18. The van der Waals surface area contributed by atoms with Gasteiger partial charge in [0.1, 0.15) is 11.6 Å². The van der Waals surface area contributed by atoms with E-state index in [4.69, 9.17) is 4.74 Å². The Morgan fingerprint density at radius 2 is 1.80 bits per heavy atom. The molecule has 0 unspecified atom stereocenters. The third-order valence-electron chi connectivity index (χ3n) is 4.21. The summed E-state index contributed by atoms with van der Waals surface area (Å²) in [4.78, 5) is 16.3. The number of nitrogens with one attached hydrogen (secondary N) is 1. The number of carbonyl (C=O) groups is 1. The Labute approximate surface area is 170 Å². The van der Waals surface area contributed by atoms with Crippen LogP contribution in [-0.2, 0) is 0 Å². The predicted octanol–water partition coefficient (Wildman–Crippen LogP) is 4.29. The quantitative estimate of drug-likeness (QED) is 0.534. The van der Waals surface area contributed by atoms with E-state index < -0.39 is 17.5 Å². The maximum Gasteiger partial charge on any atom is 0.255 e. The number of anilines is 1. The van der Waals surface area contributed by atoms with E-state index in [0.29, 0.717) is 23.1 Å². The molecule has 150 valence electrons. The number of amides is 1. The molecule has 4 rings (SSSR count). The van der Waals surface area contributed by atoms with Gasteiger partial charge in [0.2, 0.25) is 5.88 Å². The molecule has 2 heterocycles. The number of imidazole rings is 1. The maximum absolute atomic E-state index is 13.3. The molecule has 7 nitrogen and oxygen atoms in total. The van der Waals surface area contributed by atoms with Crippen molar-refractivity contribution in [1.29, 1.82) is 0 Å². The van der Waals surface area contributed by atoms with E-state index in [1.54, 1.807) is 53.4 Å². The molecule has 0 bridgehead atoms. The van der Waals surface area contributed by atoms with Gasteiger partial charge in [0.15, 0.2) is 17.5 Å². The Morgan fingerprint density at radius 1 is 1.00 bits per heavy atom. The number of hydrogen-bond donors (Lipinski definition) is 1. The van der Waals surface area contributed by atoms with Crippen molar-refractivity contribution in [1.82, 2.24) is 19.7 Å². The molecule has 1 amide bonds. The molecule has 0 saturated carbocycles. The number of carbonyl (C=O) groups excluding carboxylic acids is 1. The van der Waals surface area contributed by atoms with E-state index in [1.165, 1.54) is 6.07 Å². The van der Waals surface area contributed by atoms with Crippen LogP contribution in [0.25, 0.3) is 5.82 Å². The van der Waals surface area contributed by atoms with Crippen molar-refractivity contribution in [2.24, 2.45) is 0 Å². The van der Waals surface area contributed by atoms with Gasteiger partial charge in [-0.2, -0.15) is 0 Å². The second-order valence-corrected chi connectivity index (χ2v) is 6.28. The summed E-state index contributed by atoms with van der Waals surface area (Å²) in [6.07, 6.45) is 3.46. The van der Waals surface area contributed by atoms with Crippen LogP contribution in [0.2, 0.25) is 0 Å². The van der Waals surface area contributed by atoms with Crippen LogP contribution in [0, 0.1) is 18.6 Å². The molecule has 2 aromatic heterocycles. The molecule has 4 aromatic rings. The van der Waals surface area contributed by atoms with Gasteiger partial charge in [-0.15, -0.1) is 10.2 Å². The van der Waals surface area contributed by atoms with Crippen LogP contribution in [0.4, 0.5) is 14.5 Å². The number of benzene rings is 2. The van der Waals surface area contributed by atoms with Gasteiger partial charge in [0, 0.05) is 29.7 Å². The largest absolute Gasteiger partial charge is 0.438 e. The van der Waals surface area contributed by atoms with Crippen molar-refractivity contribution in [3.8, 4) is 17.4 Å². The van der Waals surface area contributed by atoms with E-state index in [2.05, 4.69) is 20.5 Å². The molecule has 0 radical (unpaired) electrons. The monoisotopic (exact) mass is 407 g/mol. The van der Waals surface area contributed by atoms with Gasteiger partial charge in [-0.3, -0.25) is 9.36 Å². The highest BCUT2D eigenvalue weighted by Gasteiger charge is 2.10. The molecule has 0 saturated heterocycles. The fraction of sp³-hybridized carbons (Fsp3) is 0.0476. The van der Waals surface area contributed by atoms with Crippen molar-refractivity contribution < 1.29 is 18.3 Å². The predicted molar refractivity (Wildman–Crippen MR) is 105 cm³/mol. The number of halogens is 2. The Morgan fingerprint density at radius 3 is 2.43 bits per heavy atom. The lowest BCUT2D eigenvalue weighted by atomic mass is 10.2. The van der Waals surface area contributed by atoms with Gasteiger partial charge in [-0.25, -0.2) is 13.8 Å². The summed E-state index contributed by atoms with van der Waals surface area (Å²) in [5.41, 5.74) is 0.479. The van der Waals surface area contributed by atoms with Gasteiger partial charge in [0.05, 0.1) is 0 Å². The third-order valence-corrected chi connectivity index (χ3v) is 4.21. The highest BCUT2D eigenvalue weighted by Crippen LogP contribution is 2.22. The first-order valence-corrected chi connectivity index (χ1v) is 8.88. The second kappa shape index (κ2) is 8.08. The smallest absolute Gasteiger partial charge is 0.255 e. The molecule has 0 spiro atoms. The molecule has 30 heavy (non-hydrogen) atoms. The molecule has 0 fully saturated rings. The maximum atomic E-state index is 13.3. The van der Waals surface area contributed by atoms with Gasteiger partial charge < -0.3 is 10.1 Å². The average molecular weight is 407 g/mol. The Kier molecular flexibility index (Phi) is 5.17. The number of ether oxygens (including phenoxy) is 1. The first kappa shape index (κ1) is 19.2. The minimum absolute atomic E-state index is 0.0118. The zero-order valence-corrected chi connectivity index (χ0v) is 15.7. The van der Waals surface area contributed by atoms with Crippen molar-refractivity contribution >= 4 is 11.6 Å².